The van der Waals surface area contributed by atoms with E-state index in [1.54, 1.807) is 0 Å². The molecule has 64 valence electrons. The van der Waals surface area contributed by atoms with E-state index in [0.29, 0.717) is 0 Å². The van der Waals surface area contributed by atoms with E-state index in [0.717, 1.165) is 0 Å². The molecule has 11 heavy (non-hydrogen) atoms. The van der Waals surface area contributed by atoms with Crippen LogP contribution in [-0.4, -0.2) is 36.7 Å². The van der Waals surface area contributed by atoms with Crippen LogP contribution in [0.4, 0.5) is 0 Å². The second kappa shape index (κ2) is 4.68. The van der Waals surface area contributed by atoms with Crippen LogP contribution in [0.5, 0.6) is 0 Å². The molecular weight excluding hydrogens is 150 g/mol. The molecule has 0 rings (SSSR count). The van der Waals surface area contributed by atoms with Gasteiger partial charge in [0.1, 0.15) is 12.1 Å². The van der Waals surface area contributed by atoms with Gasteiger partial charge in [-0.3, -0.25) is 9.59 Å². The molecule has 0 amide bonds. The van der Waals surface area contributed by atoms with Gasteiger partial charge in [0, 0.05) is 0 Å². The van der Waals surface area contributed by atoms with Gasteiger partial charge in [0.2, 0.25) is 0 Å². The van der Waals surface area contributed by atoms with Gasteiger partial charge in [0.25, 0.3) is 6.47 Å². The standard InChI is InChI=1S/C6H11NO4/c1-4(11-3-8)5(7-2)6(9)10/h3-5,7H,1-2H3,(H,9,10). The molecule has 0 radical (unpaired) electrons. The smallest absolute Gasteiger partial charge is 0.324 e. The van der Waals surface area contributed by atoms with E-state index >= 15 is 0 Å². The van der Waals surface area contributed by atoms with Crippen LogP contribution in [0, 0.1) is 0 Å². The Morgan fingerprint density at radius 2 is 2.27 bits per heavy atom. The summed E-state index contributed by atoms with van der Waals surface area (Å²) >= 11 is 0. The van der Waals surface area contributed by atoms with E-state index < -0.39 is 18.1 Å². The van der Waals surface area contributed by atoms with Crippen LogP contribution in [0.15, 0.2) is 0 Å². The molecule has 0 saturated heterocycles. The zero-order valence-corrected chi connectivity index (χ0v) is 6.40. The Balaban J connectivity index is 4.01. The van der Waals surface area contributed by atoms with Crippen molar-refractivity contribution in [2.45, 2.75) is 19.1 Å². The fourth-order valence-electron chi connectivity index (χ4n) is 0.725. The first-order valence-electron chi connectivity index (χ1n) is 3.12. The monoisotopic (exact) mass is 161 g/mol. The molecule has 2 atom stereocenters. The van der Waals surface area contributed by atoms with Gasteiger partial charge in [-0.05, 0) is 14.0 Å². The van der Waals surface area contributed by atoms with E-state index in [1.807, 2.05) is 0 Å². The molecule has 0 fully saturated rings. The van der Waals surface area contributed by atoms with Gasteiger partial charge in [-0.25, -0.2) is 0 Å². The van der Waals surface area contributed by atoms with E-state index in [2.05, 4.69) is 10.1 Å². The molecule has 0 aliphatic carbocycles. The van der Waals surface area contributed by atoms with Crippen molar-refractivity contribution in [1.29, 1.82) is 0 Å². The summed E-state index contributed by atoms with van der Waals surface area (Å²) in [5.74, 6) is -1.04. The number of carbonyl (C=O) groups excluding carboxylic acids is 1. The highest BCUT2D eigenvalue weighted by molar-refractivity contribution is 5.74. The summed E-state index contributed by atoms with van der Waals surface area (Å²) in [6, 6.07) is -0.847. The van der Waals surface area contributed by atoms with Crippen LogP contribution in [0.25, 0.3) is 0 Å². The van der Waals surface area contributed by atoms with Crippen LogP contribution >= 0.6 is 0 Å². The molecule has 0 aliphatic heterocycles. The maximum atomic E-state index is 10.4. The fraction of sp³-hybridized carbons (Fsp3) is 0.667. The number of ether oxygens (including phenoxy) is 1. The molecule has 5 heteroatoms. The summed E-state index contributed by atoms with van der Waals surface area (Å²) in [4.78, 5) is 20.2. The highest BCUT2D eigenvalue weighted by Crippen LogP contribution is 1.96. The molecule has 0 aromatic carbocycles. The molecule has 0 spiro atoms. The number of hydrogen-bond acceptors (Lipinski definition) is 4. The topological polar surface area (TPSA) is 75.6 Å². The van der Waals surface area contributed by atoms with Crippen LogP contribution in [0.1, 0.15) is 6.92 Å². The summed E-state index contributed by atoms with van der Waals surface area (Å²) in [6.07, 6.45) is -0.657. The van der Waals surface area contributed by atoms with Gasteiger partial charge < -0.3 is 15.2 Å². The number of nitrogens with one attached hydrogen (secondary N) is 1. The number of carboxylic acid groups (broad SMARTS) is 1. The lowest BCUT2D eigenvalue weighted by Gasteiger charge is -2.16. The Morgan fingerprint density at radius 3 is 2.55 bits per heavy atom. The minimum absolute atomic E-state index is 0.234. The largest absolute Gasteiger partial charge is 0.480 e. The molecule has 0 saturated carbocycles. The summed E-state index contributed by atoms with van der Waals surface area (Å²) in [5.41, 5.74) is 0. The Bertz CT molecular complexity index is 148. The first-order chi connectivity index (χ1) is 5.13. The molecule has 0 heterocycles. The Hall–Kier alpha value is -1.10. The molecule has 0 aliphatic rings. The highest BCUT2D eigenvalue weighted by Gasteiger charge is 2.23. The van der Waals surface area contributed by atoms with Gasteiger partial charge in [0.05, 0.1) is 0 Å². The quantitative estimate of drug-likeness (QED) is 0.517. The Kier molecular flexibility index (Phi) is 4.21. The number of carbonyl (C=O) groups is 2. The van der Waals surface area contributed by atoms with Gasteiger partial charge in [-0.15, -0.1) is 0 Å². The third-order valence-corrected chi connectivity index (χ3v) is 1.32. The van der Waals surface area contributed by atoms with Crippen molar-refractivity contribution in [3.8, 4) is 0 Å². The zero-order chi connectivity index (χ0) is 8.85. The molecule has 0 bridgehead atoms. The lowest BCUT2D eigenvalue weighted by molar-refractivity contribution is -0.146. The van der Waals surface area contributed by atoms with Crippen LogP contribution < -0.4 is 5.32 Å². The lowest BCUT2D eigenvalue weighted by Crippen LogP contribution is -2.43. The Labute approximate surface area is 64.3 Å². The SMILES string of the molecule is CNC(C(=O)O)C(C)OC=O. The molecule has 0 aromatic rings. The van der Waals surface area contributed by atoms with E-state index in [4.69, 9.17) is 5.11 Å². The molecule has 2 unspecified atom stereocenters. The summed E-state index contributed by atoms with van der Waals surface area (Å²) in [5, 5.41) is 11.0. The number of rotatable bonds is 5. The van der Waals surface area contributed by atoms with Gasteiger partial charge in [-0.2, -0.15) is 0 Å². The van der Waals surface area contributed by atoms with Crippen LogP contribution in [0.3, 0.4) is 0 Å². The van der Waals surface area contributed by atoms with Crippen molar-refractivity contribution in [2.75, 3.05) is 7.05 Å². The molecule has 2 N–H and O–H groups in total. The van der Waals surface area contributed by atoms with Crippen LogP contribution in [0.2, 0.25) is 0 Å². The third kappa shape index (κ3) is 2.99. The normalized spacial score (nSPS) is 15.1. The molecule has 5 nitrogen and oxygen atoms in total. The van der Waals surface area contributed by atoms with Crippen molar-refractivity contribution in [3.05, 3.63) is 0 Å². The number of hydrogen-bond donors (Lipinski definition) is 2. The number of aliphatic carboxylic acids is 1. The summed E-state index contributed by atoms with van der Waals surface area (Å²) in [7, 11) is 1.49. The maximum absolute atomic E-state index is 10.4. The predicted molar refractivity (Wildman–Crippen MR) is 37.1 cm³/mol. The van der Waals surface area contributed by atoms with Crippen molar-refractivity contribution < 1.29 is 19.4 Å². The minimum atomic E-state index is -1.04. The summed E-state index contributed by atoms with van der Waals surface area (Å²) in [6.45, 7) is 1.74. The number of carboxylic acids is 1. The van der Waals surface area contributed by atoms with Gasteiger partial charge >= 0.3 is 5.97 Å². The average molecular weight is 161 g/mol. The van der Waals surface area contributed by atoms with E-state index in [1.165, 1.54) is 14.0 Å². The van der Waals surface area contributed by atoms with Crippen molar-refractivity contribution in [2.24, 2.45) is 0 Å². The second-order valence-electron chi connectivity index (χ2n) is 2.04. The van der Waals surface area contributed by atoms with Crippen molar-refractivity contribution >= 4 is 12.4 Å². The third-order valence-electron chi connectivity index (χ3n) is 1.32. The average Bonchev–Trinajstić information content (AvgIpc) is 1.88. The van der Waals surface area contributed by atoms with Gasteiger partial charge in [-0.1, -0.05) is 0 Å². The first kappa shape index (κ1) is 9.90. The van der Waals surface area contributed by atoms with Crippen LogP contribution in [-0.2, 0) is 14.3 Å². The van der Waals surface area contributed by atoms with E-state index in [9.17, 15) is 9.59 Å². The minimum Gasteiger partial charge on any atom is -0.480 e. The van der Waals surface area contributed by atoms with Crippen molar-refractivity contribution in [3.63, 3.8) is 0 Å². The maximum Gasteiger partial charge on any atom is 0.324 e. The first-order valence-corrected chi connectivity index (χ1v) is 3.12. The lowest BCUT2D eigenvalue weighted by atomic mass is 10.2. The summed E-state index contributed by atoms with van der Waals surface area (Å²) < 4.78 is 4.43. The highest BCUT2D eigenvalue weighted by atomic mass is 16.5. The Morgan fingerprint density at radius 1 is 1.73 bits per heavy atom. The predicted octanol–water partition coefficient (Wildman–Crippen LogP) is -0.780. The zero-order valence-electron chi connectivity index (χ0n) is 6.40. The van der Waals surface area contributed by atoms with Crippen molar-refractivity contribution in [1.82, 2.24) is 5.32 Å². The fourth-order valence-corrected chi connectivity index (χ4v) is 0.725. The van der Waals surface area contributed by atoms with Gasteiger partial charge in [0.15, 0.2) is 0 Å². The molecule has 0 aromatic heterocycles. The van der Waals surface area contributed by atoms with E-state index in [-0.39, 0.29) is 6.47 Å². The number of likely N-dealkylation sites (N-methyl/N-ethyl adjacent to an activating group) is 1. The molecular formula is C6H11NO4. The second-order valence-corrected chi connectivity index (χ2v) is 2.04.